The fraction of sp³-hybridized carbons (Fsp3) is 0.412. The first-order chi connectivity index (χ1) is 12.0. The molecule has 1 saturated heterocycles. The van der Waals surface area contributed by atoms with Crippen molar-refractivity contribution in [1.29, 1.82) is 0 Å². The van der Waals surface area contributed by atoms with Crippen LogP contribution >= 0.6 is 0 Å². The highest BCUT2D eigenvalue weighted by atomic mass is 16.3. The maximum absolute atomic E-state index is 13.2. The van der Waals surface area contributed by atoms with Crippen LogP contribution in [0.2, 0.25) is 0 Å². The molecule has 1 atom stereocenters. The van der Waals surface area contributed by atoms with Crippen molar-refractivity contribution in [3.63, 3.8) is 0 Å². The zero-order valence-electron chi connectivity index (χ0n) is 14.2. The van der Waals surface area contributed by atoms with Crippen molar-refractivity contribution in [3.05, 3.63) is 46.0 Å². The van der Waals surface area contributed by atoms with Crippen molar-refractivity contribution in [2.45, 2.75) is 39.3 Å². The van der Waals surface area contributed by atoms with Gasteiger partial charge in [0.1, 0.15) is 11.1 Å². The second kappa shape index (κ2) is 5.87. The number of hydrogen-bond donors (Lipinski definition) is 1. The van der Waals surface area contributed by atoms with E-state index < -0.39 is 0 Å². The summed E-state index contributed by atoms with van der Waals surface area (Å²) in [6, 6.07) is 0.0481. The quantitative estimate of drug-likeness (QED) is 0.781. The predicted octanol–water partition coefficient (Wildman–Crippen LogP) is 1.63. The molecule has 4 rings (SSSR count). The molecule has 4 heterocycles. The van der Waals surface area contributed by atoms with Crippen LogP contribution in [0.15, 0.2) is 27.9 Å². The van der Waals surface area contributed by atoms with Crippen molar-refractivity contribution in [2.24, 2.45) is 0 Å². The van der Waals surface area contributed by atoms with Crippen LogP contribution in [0.5, 0.6) is 0 Å². The molecule has 1 N–H and O–H groups in total. The van der Waals surface area contributed by atoms with Gasteiger partial charge in [0.25, 0.3) is 11.5 Å². The third-order valence-electron chi connectivity index (χ3n) is 4.68. The first-order valence-corrected chi connectivity index (χ1v) is 8.31. The maximum atomic E-state index is 13.2. The molecule has 130 valence electrons. The number of H-pyrrole nitrogens is 1. The average Bonchev–Trinajstić information content (AvgIpc) is 3.26. The van der Waals surface area contributed by atoms with Gasteiger partial charge in [0.05, 0.1) is 30.7 Å². The van der Waals surface area contributed by atoms with E-state index in [2.05, 4.69) is 15.1 Å². The van der Waals surface area contributed by atoms with Crippen LogP contribution in [0, 0.1) is 13.8 Å². The molecular weight excluding hydrogens is 322 g/mol. The molecule has 1 aliphatic rings. The lowest BCUT2D eigenvalue weighted by molar-refractivity contribution is 0.0721. The Labute approximate surface area is 143 Å². The lowest BCUT2D eigenvalue weighted by Crippen LogP contribution is -2.38. The molecule has 25 heavy (non-hydrogen) atoms. The van der Waals surface area contributed by atoms with Crippen LogP contribution in [0.25, 0.3) is 11.1 Å². The lowest BCUT2D eigenvalue weighted by atomic mass is 10.1. The van der Waals surface area contributed by atoms with E-state index in [1.807, 2.05) is 22.7 Å². The van der Waals surface area contributed by atoms with Gasteiger partial charge in [-0.05, 0) is 32.3 Å². The van der Waals surface area contributed by atoms with E-state index in [0.717, 1.165) is 18.4 Å². The number of aryl methyl sites for hydroxylation is 2. The van der Waals surface area contributed by atoms with Crippen molar-refractivity contribution in [1.82, 2.24) is 24.6 Å². The highest BCUT2D eigenvalue weighted by Crippen LogP contribution is 2.27. The number of aromatic nitrogens is 4. The maximum Gasteiger partial charge on any atom is 0.262 e. The van der Waals surface area contributed by atoms with E-state index in [1.165, 1.54) is 6.33 Å². The van der Waals surface area contributed by atoms with Gasteiger partial charge in [-0.2, -0.15) is 5.10 Å². The summed E-state index contributed by atoms with van der Waals surface area (Å²) in [5.41, 5.74) is 1.24. The fourth-order valence-electron chi connectivity index (χ4n) is 3.53. The van der Waals surface area contributed by atoms with Crippen LogP contribution in [0.1, 0.15) is 34.5 Å². The minimum absolute atomic E-state index is 0.0481. The smallest absolute Gasteiger partial charge is 0.262 e. The minimum atomic E-state index is -0.358. The van der Waals surface area contributed by atoms with E-state index in [9.17, 15) is 9.59 Å². The SMILES string of the molecule is Cc1cnn(CC2CCCN2C(=O)c2c(C)oc3nc[nH]c(=O)c23)c1. The predicted molar refractivity (Wildman–Crippen MR) is 90.4 cm³/mol. The molecule has 1 unspecified atom stereocenters. The summed E-state index contributed by atoms with van der Waals surface area (Å²) in [5, 5.41) is 4.54. The third kappa shape index (κ3) is 2.63. The number of carbonyl (C=O) groups excluding carboxylic acids is 1. The Morgan fingerprint density at radius 3 is 3.04 bits per heavy atom. The molecule has 3 aromatic rings. The molecule has 0 aliphatic carbocycles. The van der Waals surface area contributed by atoms with Gasteiger partial charge in [0.15, 0.2) is 0 Å². The van der Waals surface area contributed by atoms with Gasteiger partial charge in [-0.15, -0.1) is 0 Å². The molecule has 0 aromatic carbocycles. The number of carbonyl (C=O) groups is 1. The molecule has 8 heteroatoms. The van der Waals surface area contributed by atoms with E-state index in [1.54, 1.807) is 13.1 Å². The number of nitrogens with zero attached hydrogens (tertiary/aromatic N) is 4. The van der Waals surface area contributed by atoms with Gasteiger partial charge < -0.3 is 14.3 Å². The number of fused-ring (bicyclic) bond motifs is 1. The number of likely N-dealkylation sites (tertiary alicyclic amines) is 1. The zero-order chi connectivity index (χ0) is 17.6. The van der Waals surface area contributed by atoms with Crippen LogP contribution in [-0.4, -0.2) is 43.1 Å². The van der Waals surface area contributed by atoms with Gasteiger partial charge >= 0.3 is 0 Å². The molecule has 8 nitrogen and oxygen atoms in total. The molecular formula is C17H19N5O3. The van der Waals surface area contributed by atoms with Gasteiger partial charge in [0.2, 0.25) is 5.71 Å². The number of furan rings is 1. The molecule has 1 amide bonds. The van der Waals surface area contributed by atoms with Crippen molar-refractivity contribution < 1.29 is 9.21 Å². The highest BCUT2D eigenvalue weighted by molar-refractivity contribution is 6.06. The number of aromatic amines is 1. The Balaban J connectivity index is 1.68. The molecule has 1 aliphatic heterocycles. The lowest BCUT2D eigenvalue weighted by Gasteiger charge is -2.24. The normalized spacial score (nSPS) is 17.5. The van der Waals surface area contributed by atoms with Crippen LogP contribution in [0.4, 0.5) is 0 Å². The standard InChI is InChI=1S/C17H19N5O3/c1-10-6-20-21(7-10)8-12-4-3-5-22(12)17(24)13-11(2)25-16-14(13)15(23)18-9-19-16/h6-7,9,12H,3-5,8H2,1-2H3,(H,18,19,23). The first kappa shape index (κ1) is 15.6. The Morgan fingerprint density at radius 2 is 2.28 bits per heavy atom. The molecule has 1 fully saturated rings. The summed E-state index contributed by atoms with van der Waals surface area (Å²) in [5.74, 6) is 0.242. The van der Waals surface area contributed by atoms with Gasteiger partial charge in [0, 0.05) is 12.7 Å². The zero-order valence-corrected chi connectivity index (χ0v) is 14.2. The highest BCUT2D eigenvalue weighted by Gasteiger charge is 2.33. The number of rotatable bonds is 3. The summed E-state index contributed by atoms with van der Waals surface area (Å²) in [6.07, 6.45) is 6.89. The second-order valence-corrected chi connectivity index (χ2v) is 6.48. The number of amides is 1. The van der Waals surface area contributed by atoms with Crippen molar-refractivity contribution in [3.8, 4) is 0 Å². The molecule has 3 aromatic heterocycles. The Kier molecular flexibility index (Phi) is 3.67. The summed E-state index contributed by atoms with van der Waals surface area (Å²) >= 11 is 0. The monoisotopic (exact) mass is 341 g/mol. The van der Waals surface area contributed by atoms with Crippen molar-refractivity contribution >= 4 is 17.0 Å². The first-order valence-electron chi connectivity index (χ1n) is 8.31. The van der Waals surface area contributed by atoms with Gasteiger partial charge in [-0.1, -0.05) is 0 Å². The van der Waals surface area contributed by atoms with Crippen molar-refractivity contribution in [2.75, 3.05) is 6.54 Å². The second-order valence-electron chi connectivity index (χ2n) is 6.48. The average molecular weight is 341 g/mol. The number of hydrogen-bond acceptors (Lipinski definition) is 5. The molecule has 0 bridgehead atoms. The fourth-order valence-corrected chi connectivity index (χ4v) is 3.53. The van der Waals surface area contributed by atoms with Crippen LogP contribution in [-0.2, 0) is 6.54 Å². The Hall–Kier alpha value is -2.90. The Bertz CT molecular complexity index is 999. The van der Waals surface area contributed by atoms with Crippen LogP contribution < -0.4 is 5.56 Å². The van der Waals surface area contributed by atoms with E-state index in [0.29, 0.717) is 24.4 Å². The molecule has 0 radical (unpaired) electrons. The summed E-state index contributed by atoms with van der Waals surface area (Å²) in [6.45, 7) is 4.98. The Morgan fingerprint density at radius 1 is 1.44 bits per heavy atom. The molecule has 0 spiro atoms. The largest absolute Gasteiger partial charge is 0.442 e. The summed E-state index contributed by atoms with van der Waals surface area (Å²) in [4.78, 5) is 33.7. The topological polar surface area (TPSA) is 97.0 Å². The third-order valence-corrected chi connectivity index (χ3v) is 4.68. The van der Waals surface area contributed by atoms with Gasteiger partial charge in [-0.25, -0.2) is 4.98 Å². The van der Waals surface area contributed by atoms with E-state index >= 15 is 0 Å². The van der Waals surface area contributed by atoms with E-state index in [-0.39, 0.29) is 28.6 Å². The number of nitrogens with one attached hydrogen (secondary N) is 1. The van der Waals surface area contributed by atoms with Gasteiger partial charge in [-0.3, -0.25) is 14.3 Å². The molecule has 0 saturated carbocycles. The van der Waals surface area contributed by atoms with E-state index in [4.69, 9.17) is 4.42 Å². The summed E-state index contributed by atoms with van der Waals surface area (Å²) < 4.78 is 7.38. The minimum Gasteiger partial charge on any atom is -0.442 e. The summed E-state index contributed by atoms with van der Waals surface area (Å²) in [7, 11) is 0. The van der Waals surface area contributed by atoms with Crippen LogP contribution in [0.3, 0.4) is 0 Å².